The number of nitrogens with zero attached hydrogens (tertiary/aromatic N) is 3. The smallest absolute Gasteiger partial charge is 0.224 e. The standard InChI is InChI=1S/C12H22N4O/c1-3-5-8-16(9-10-17)11-6-7-14-12(15-11)13-4-2/h6-7,17H,3-5,8-10H2,1-2H3,(H,13,14,15). The molecule has 0 aliphatic rings. The maximum atomic E-state index is 9.07. The van der Waals surface area contributed by atoms with Gasteiger partial charge < -0.3 is 15.3 Å². The first kappa shape index (κ1) is 13.7. The molecule has 0 radical (unpaired) electrons. The first-order valence-electron chi connectivity index (χ1n) is 6.24. The van der Waals surface area contributed by atoms with E-state index >= 15 is 0 Å². The highest BCUT2D eigenvalue weighted by atomic mass is 16.3. The van der Waals surface area contributed by atoms with Crippen LogP contribution in [-0.2, 0) is 0 Å². The Morgan fingerprint density at radius 3 is 2.82 bits per heavy atom. The van der Waals surface area contributed by atoms with Gasteiger partial charge in [0.15, 0.2) is 0 Å². The molecular weight excluding hydrogens is 216 g/mol. The molecule has 96 valence electrons. The van der Waals surface area contributed by atoms with Crippen molar-refractivity contribution in [1.82, 2.24) is 9.97 Å². The van der Waals surface area contributed by atoms with Crippen LogP contribution < -0.4 is 10.2 Å². The zero-order valence-corrected chi connectivity index (χ0v) is 10.7. The Balaban J connectivity index is 2.73. The number of rotatable bonds is 8. The van der Waals surface area contributed by atoms with Gasteiger partial charge in [0, 0.05) is 25.8 Å². The zero-order chi connectivity index (χ0) is 12.5. The molecule has 0 saturated heterocycles. The number of aromatic nitrogens is 2. The van der Waals surface area contributed by atoms with Crippen LogP contribution in [0.4, 0.5) is 11.8 Å². The molecule has 0 saturated carbocycles. The summed E-state index contributed by atoms with van der Waals surface area (Å²) in [4.78, 5) is 10.7. The van der Waals surface area contributed by atoms with Gasteiger partial charge in [0.2, 0.25) is 5.95 Å². The molecule has 5 nitrogen and oxygen atoms in total. The van der Waals surface area contributed by atoms with Gasteiger partial charge in [-0.05, 0) is 19.4 Å². The van der Waals surface area contributed by atoms with E-state index < -0.39 is 0 Å². The number of unbranched alkanes of at least 4 members (excludes halogenated alkanes) is 1. The Hall–Kier alpha value is -1.36. The van der Waals surface area contributed by atoms with Gasteiger partial charge in [-0.25, -0.2) is 4.98 Å². The lowest BCUT2D eigenvalue weighted by Gasteiger charge is -2.22. The average molecular weight is 238 g/mol. The summed E-state index contributed by atoms with van der Waals surface area (Å²) in [7, 11) is 0. The van der Waals surface area contributed by atoms with Gasteiger partial charge in [0.25, 0.3) is 0 Å². The molecule has 1 aromatic heterocycles. The minimum Gasteiger partial charge on any atom is -0.395 e. The van der Waals surface area contributed by atoms with E-state index in [0.717, 1.165) is 31.7 Å². The van der Waals surface area contributed by atoms with E-state index in [0.29, 0.717) is 12.5 Å². The van der Waals surface area contributed by atoms with Gasteiger partial charge in [0.05, 0.1) is 6.61 Å². The van der Waals surface area contributed by atoms with Crippen LogP contribution in [0.25, 0.3) is 0 Å². The summed E-state index contributed by atoms with van der Waals surface area (Å²) in [6.07, 6.45) is 3.98. The highest BCUT2D eigenvalue weighted by Crippen LogP contribution is 2.12. The van der Waals surface area contributed by atoms with Crippen LogP contribution in [0.2, 0.25) is 0 Å². The Bertz CT molecular complexity index is 319. The fraction of sp³-hybridized carbons (Fsp3) is 0.667. The number of nitrogens with one attached hydrogen (secondary N) is 1. The largest absolute Gasteiger partial charge is 0.395 e. The first-order chi connectivity index (χ1) is 8.31. The summed E-state index contributed by atoms with van der Waals surface area (Å²) in [5, 5.41) is 12.2. The number of aliphatic hydroxyl groups excluding tert-OH is 1. The van der Waals surface area contributed by atoms with E-state index in [1.54, 1.807) is 6.20 Å². The van der Waals surface area contributed by atoms with Crippen molar-refractivity contribution in [3.63, 3.8) is 0 Å². The summed E-state index contributed by atoms with van der Waals surface area (Å²) in [5.74, 6) is 1.52. The molecule has 1 aromatic rings. The maximum absolute atomic E-state index is 9.07. The number of hydrogen-bond donors (Lipinski definition) is 2. The molecule has 0 aliphatic heterocycles. The van der Waals surface area contributed by atoms with E-state index in [1.807, 2.05) is 13.0 Å². The second-order valence-electron chi connectivity index (χ2n) is 3.83. The van der Waals surface area contributed by atoms with Crippen LogP contribution in [-0.4, -0.2) is 41.3 Å². The molecule has 0 spiro atoms. The molecule has 0 fully saturated rings. The number of hydrogen-bond acceptors (Lipinski definition) is 5. The molecule has 2 N–H and O–H groups in total. The summed E-state index contributed by atoms with van der Waals surface area (Å²) in [6, 6.07) is 1.88. The number of anilines is 2. The maximum Gasteiger partial charge on any atom is 0.224 e. The second kappa shape index (κ2) is 7.84. The summed E-state index contributed by atoms with van der Waals surface area (Å²) < 4.78 is 0. The van der Waals surface area contributed by atoms with Crippen LogP contribution in [0.5, 0.6) is 0 Å². The van der Waals surface area contributed by atoms with Crippen molar-refractivity contribution in [3.8, 4) is 0 Å². The van der Waals surface area contributed by atoms with Crippen LogP contribution in [0.15, 0.2) is 12.3 Å². The molecule has 0 aromatic carbocycles. The van der Waals surface area contributed by atoms with Crippen molar-refractivity contribution in [2.75, 3.05) is 36.5 Å². The Morgan fingerprint density at radius 1 is 1.35 bits per heavy atom. The van der Waals surface area contributed by atoms with Crippen LogP contribution in [0.1, 0.15) is 26.7 Å². The van der Waals surface area contributed by atoms with Gasteiger partial charge in [0.1, 0.15) is 5.82 Å². The van der Waals surface area contributed by atoms with Crippen molar-refractivity contribution in [1.29, 1.82) is 0 Å². The van der Waals surface area contributed by atoms with Crippen molar-refractivity contribution in [3.05, 3.63) is 12.3 Å². The molecule has 0 aliphatic carbocycles. The quantitative estimate of drug-likeness (QED) is 0.719. The molecule has 1 rings (SSSR count). The minimum atomic E-state index is 0.143. The molecule has 5 heteroatoms. The lowest BCUT2D eigenvalue weighted by atomic mass is 10.3. The third-order valence-corrected chi connectivity index (χ3v) is 2.45. The molecule has 0 amide bonds. The highest BCUT2D eigenvalue weighted by Gasteiger charge is 2.07. The van der Waals surface area contributed by atoms with Crippen molar-refractivity contribution in [2.24, 2.45) is 0 Å². The monoisotopic (exact) mass is 238 g/mol. The van der Waals surface area contributed by atoms with E-state index in [1.165, 1.54) is 0 Å². The first-order valence-corrected chi connectivity index (χ1v) is 6.24. The molecular formula is C12H22N4O. The zero-order valence-electron chi connectivity index (χ0n) is 10.7. The average Bonchev–Trinajstić information content (AvgIpc) is 2.35. The Morgan fingerprint density at radius 2 is 2.18 bits per heavy atom. The predicted molar refractivity (Wildman–Crippen MR) is 70.4 cm³/mol. The van der Waals surface area contributed by atoms with Gasteiger partial charge in [-0.15, -0.1) is 0 Å². The molecule has 0 unspecified atom stereocenters. The van der Waals surface area contributed by atoms with Crippen LogP contribution in [0, 0.1) is 0 Å². The fourth-order valence-electron chi connectivity index (χ4n) is 1.58. The predicted octanol–water partition coefficient (Wildman–Crippen LogP) is 1.51. The van der Waals surface area contributed by atoms with Crippen LogP contribution >= 0.6 is 0 Å². The van der Waals surface area contributed by atoms with E-state index in [-0.39, 0.29) is 6.61 Å². The van der Waals surface area contributed by atoms with E-state index in [2.05, 4.69) is 27.1 Å². The van der Waals surface area contributed by atoms with Crippen LogP contribution in [0.3, 0.4) is 0 Å². The van der Waals surface area contributed by atoms with E-state index in [4.69, 9.17) is 5.11 Å². The SMILES string of the molecule is CCCCN(CCO)c1ccnc(NCC)n1. The fourth-order valence-corrected chi connectivity index (χ4v) is 1.58. The lowest BCUT2D eigenvalue weighted by Crippen LogP contribution is -2.28. The molecule has 0 bridgehead atoms. The topological polar surface area (TPSA) is 61.3 Å². The van der Waals surface area contributed by atoms with Crippen molar-refractivity contribution >= 4 is 11.8 Å². The van der Waals surface area contributed by atoms with Gasteiger partial charge in [-0.3, -0.25) is 0 Å². The van der Waals surface area contributed by atoms with Gasteiger partial charge in [-0.1, -0.05) is 13.3 Å². The van der Waals surface area contributed by atoms with Gasteiger partial charge in [-0.2, -0.15) is 4.98 Å². The Labute approximate surface area is 103 Å². The van der Waals surface area contributed by atoms with Gasteiger partial charge >= 0.3 is 0 Å². The number of aliphatic hydroxyl groups is 1. The molecule has 0 atom stereocenters. The third kappa shape index (κ3) is 4.56. The third-order valence-electron chi connectivity index (χ3n) is 2.45. The normalized spacial score (nSPS) is 10.3. The van der Waals surface area contributed by atoms with E-state index in [9.17, 15) is 0 Å². The summed E-state index contributed by atoms with van der Waals surface area (Å²) >= 11 is 0. The summed E-state index contributed by atoms with van der Waals surface area (Å²) in [5.41, 5.74) is 0. The molecule has 1 heterocycles. The minimum absolute atomic E-state index is 0.143. The highest BCUT2D eigenvalue weighted by molar-refractivity contribution is 5.42. The second-order valence-corrected chi connectivity index (χ2v) is 3.83. The van der Waals surface area contributed by atoms with Crippen molar-refractivity contribution < 1.29 is 5.11 Å². The summed E-state index contributed by atoms with van der Waals surface area (Å²) in [6.45, 7) is 6.64. The molecule has 17 heavy (non-hydrogen) atoms. The Kier molecular flexibility index (Phi) is 6.32. The van der Waals surface area contributed by atoms with Crippen molar-refractivity contribution in [2.45, 2.75) is 26.7 Å². The lowest BCUT2D eigenvalue weighted by molar-refractivity contribution is 0.301.